The van der Waals surface area contributed by atoms with Gasteiger partial charge in [-0.15, -0.1) is 0 Å². The minimum absolute atomic E-state index is 0.0554. The molecule has 4 heteroatoms. The molecule has 0 aliphatic carbocycles. The lowest BCUT2D eigenvalue weighted by Gasteiger charge is -2.08. The first-order chi connectivity index (χ1) is 7.56. The van der Waals surface area contributed by atoms with Crippen LogP contribution in [0.4, 0.5) is 0 Å². The van der Waals surface area contributed by atoms with Crippen molar-refractivity contribution in [3.63, 3.8) is 0 Å². The van der Waals surface area contributed by atoms with Crippen LogP contribution in [0.5, 0.6) is 0 Å². The number of benzene rings is 1. The molecule has 1 rings (SSSR count). The molecule has 1 aromatic carbocycles. The summed E-state index contributed by atoms with van der Waals surface area (Å²) in [7, 11) is -3.82. The van der Waals surface area contributed by atoms with E-state index in [1.165, 1.54) is 12.1 Å². The lowest BCUT2D eigenvalue weighted by atomic mass is 10.1. The van der Waals surface area contributed by atoms with Crippen LogP contribution in [-0.4, -0.2) is 8.42 Å². The minimum atomic E-state index is -3.82. The summed E-state index contributed by atoms with van der Waals surface area (Å²) in [6.07, 6.45) is 3.89. The third-order valence-corrected chi connectivity index (χ3v) is 3.27. The molecule has 0 atom stereocenters. The van der Waals surface area contributed by atoms with Gasteiger partial charge in [-0.2, -0.15) is 8.42 Å². The zero-order valence-electron chi connectivity index (χ0n) is 8.72. The number of rotatable bonds is 5. The van der Waals surface area contributed by atoms with Gasteiger partial charge in [0.05, 0.1) is 6.26 Å². The van der Waals surface area contributed by atoms with Gasteiger partial charge in [0.15, 0.2) is 0 Å². The highest BCUT2D eigenvalue weighted by atomic mass is 32.2. The molecule has 0 aromatic heterocycles. The topological polar surface area (TPSA) is 43.4 Å². The molecule has 0 saturated heterocycles. The molecule has 0 fully saturated rings. The first-order valence-electron chi connectivity index (χ1n) is 4.49. The van der Waals surface area contributed by atoms with E-state index in [1.54, 1.807) is 18.2 Å². The van der Waals surface area contributed by atoms with Crippen molar-refractivity contribution >= 4 is 22.3 Å². The normalized spacial score (nSPS) is 10.5. The van der Waals surface area contributed by atoms with Crippen LogP contribution in [0.1, 0.15) is 11.1 Å². The fourth-order valence-corrected chi connectivity index (χ4v) is 2.32. The average Bonchev–Trinajstić information content (AvgIpc) is 2.27. The SMILES string of the molecule is C=COS(=O)(=O)c1cccc(C=C)c1C=C. The maximum absolute atomic E-state index is 11.7. The van der Waals surface area contributed by atoms with Crippen LogP contribution in [-0.2, 0) is 14.3 Å². The lowest BCUT2D eigenvalue weighted by Crippen LogP contribution is -2.05. The number of hydrogen-bond donors (Lipinski definition) is 0. The summed E-state index contributed by atoms with van der Waals surface area (Å²) >= 11 is 0. The molecule has 16 heavy (non-hydrogen) atoms. The summed E-state index contributed by atoms with van der Waals surface area (Å²) in [5.41, 5.74) is 1.16. The summed E-state index contributed by atoms with van der Waals surface area (Å²) in [5, 5.41) is 0. The molecule has 0 heterocycles. The van der Waals surface area contributed by atoms with E-state index in [0.717, 1.165) is 6.26 Å². The van der Waals surface area contributed by atoms with Gasteiger partial charge in [-0.1, -0.05) is 44.0 Å². The maximum atomic E-state index is 11.7. The van der Waals surface area contributed by atoms with Gasteiger partial charge in [-0.3, -0.25) is 0 Å². The highest BCUT2D eigenvalue weighted by Crippen LogP contribution is 2.23. The Morgan fingerprint density at radius 2 is 1.81 bits per heavy atom. The van der Waals surface area contributed by atoms with Crippen molar-refractivity contribution in [3.05, 3.63) is 55.3 Å². The second kappa shape index (κ2) is 4.81. The molecule has 0 spiro atoms. The lowest BCUT2D eigenvalue weighted by molar-refractivity contribution is 0.444. The second-order valence-electron chi connectivity index (χ2n) is 2.88. The number of hydrogen-bond acceptors (Lipinski definition) is 3. The van der Waals surface area contributed by atoms with Crippen LogP contribution >= 0.6 is 0 Å². The molecule has 0 radical (unpaired) electrons. The Hall–Kier alpha value is -1.81. The zero-order valence-corrected chi connectivity index (χ0v) is 9.53. The third-order valence-electron chi connectivity index (χ3n) is 1.99. The molecule has 0 unspecified atom stereocenters. The van der Waals surface area contributed by atoms with Crippen LogP contribution in [0.2, 0.25) is 0 Å². The average molecular weight is 236 g/mol. The second-order valence-corrected chi connectivity index (χ2v) is 4.42. The fourth-order valence-electron chi connectivity index (χ4n) is 1.32. The van der Waals surface area contributed by atoms with Crippen LogP contribution in [0.15, 0.2) is 49.1 Å². The molecule has 0 saturated carbocycles. The van der Waals surface area contributed by atoms with E-state index in [2.05, 4.69) is 23.9 Å². The molecule has 84 valence electrons. The summed E-state index contributed by atoms with van der Waals surface area (Å²) in [6, 6.07) is 4.81. The van der Waals surface area contributed by atoms with Crippen LogP contribution < -0.4 is 0 Å². The van der Waals surface area contributed by atoms with E-state index in [4.69, 9.17) is 0 Å². The third kappa shape index (κ3) is 2.23. The van der Waals surface area contributed by atoms with Crippen molar-refractivity contribution in [2.45, 2.75) is 4.90 Å². The Morgan fingerprint density at radius 1 is 1.12 bits per heavy atom. The van der Waals surface area contributed by atoms with E-state index in [0.29, 0.717) is 11.1 Å². The standard InChI is InChI=1S/C12H12O3S/c1-4-10-8-7-9-12(11(10)5-2)16(13,14)15-6-3/h4-9H,1-3H2. The van der Waals surface area contributed by atoms with Crippen molar-refractivity contribution in [2.24, 2.45) is 0 Å². The predicted octanol–water partition coefficient (Wildman–Crippen LogP) is 2.82. The Morgan fingerprint density at radius 3 is 2.31 bits per heavy atom. The molecule has 3 nitrogen and oxygen atoms in total. The van der Waals surface area contributed by atoms with Crippen molar-refractivity contribution in [3.8, 4) is 0 Å². The van der Waals surface area contributed by atoms with Crippen LogP contribution in [0.25, 0.3) is 12.2 Å². The maximum Gasteiger partial charge on any atom is 0.339 e. The van der Waals surface area contributed by atoms with Gasteiger partial charge in [-0.25, -0.2) is 0 Å². The quantitative estimate of drug-likeness (QED) is 0.583. The first-order valence-corrected chi connectivity index (χ1v) is 5.89. The molecule has 0 aliphatic heterocycles. The molecular formula is C12H12O3S. The molecule has 0 bridgehead atoms. The summed E-state index contributed by atoms with van der Waals surface area (Å²) in [6.45, 7) is 10.4. The Balaban J connectivity index is 3.51. The van der Waals surface area contributed by atoms with Gasteiger partial charge in [0, 0.05) is 5.56 Å². The van der Waals surface area contributed by atoms with E-state index in [-0.39, 0.29) is 4.90 Å². The smallest absolute Gasteiger partial charge is 0.339 e. The van der Waals surface area contributed by atoms with Gasteiger partial charge in [0.25, 0.3) is 0 Å². The fraction of sp³-hybridized carbons (Fsp3) is 0. The van der Waals surface area contributed by atoms with Gasteiger partial charge in [0.2, 0.25) is 0 Å². The van der Waals surface area contributed by atoms with E-state index in [9.17, 15) is 8.42 Å². The van der Waals surface area contributed by atoms with Crippen LogP contribution in [0, 0.1) is 0 Å². The van der Waals surface area contributed by atoms with Crippen molar-refractivity contribution in [1.82, 2.24) is 0 Å². The molecule has 0 amide bonds. The minimum Gasteiger partial charge on any atom is -0.388 e. The van der Waals surface area contributed by atoms with Gasteiger partial charge in [0.1, 0.15) is 4.90 Å². The van der Waals surface area contributed by atoms with Gasteiger partial charge < -0.3 is 4.18 Å². The molecule has 0 N–H and O–H groups in total. The molecular weight excluding hydrogens is 224 g/mol. The Labute approximate surface area is 95.5 Å². The predicted molar refractivity (Wildman–Crippen MR) is 65.1 cm³/mol. The van der Waals surface area contributed by atoms with Crippen molar-refractivity contribution in [2.75, 3.05) is 0 Å². The van der Waals surface area contributed by atoms with Crippen LogP contribution in [0.3, 0.4) is 0 Å². The summed E-state index contributed by atoms with van der Waals surface area (Å²) < 4.78 is 27.9. The highest BCUT2D eigenvalue weighted by Gasteiger charge is 2.18. The van der Waals surface area contributed by atoms with E-state index >= 15 is 0 Å². The monoisotopic (exact) mass is 236 g/mol. The summed E-state index contributed by atoms with van der Waals surface area (Å²) in [4.78, 5) is 0.0554. The van der Waals surface area contributed by atoms with Gasteiger partial charge >= 0.3 is 10.1 Å². The molecule has 0 aliphatic rings. The Kier molecular flexibility index (Phi) is 3.68. The van der Waals surface area contributed by atoms with Gasteiger partial charge in [-0.05, 0) is 11.6 Å². The highest BCUT2D eigenvalue weighted by molar-refractivity contribution is 7.87. The van der Waals surface area contributed by atoms with Crippen molar-refractivity contribution in [1.29, 1.82) is 0 Å². The molecule has 1 aromatic rings. The van der Waals surface area contributed by atoms with Crippen molar-refractivity contribution < 1.29 is 12.6 Å². The summed E-state index contributed by atoms with van der Waals surface area (Å²) in [5.74, 6) is 0. The van der Waals surface area contributed by atoms with E-state index < -0.39 is 10.1 Å². The Bertz CT molecular complexity index is 527. The zero-order chi connectivity index (χ0) is 12.2. The first kappa shape index (κ1) is 12.3. The van der Waals surface area contributed by atoms with E-state index in [1.807, 2.05) is 0 Å². The largest absolute Gasteiger partial charge is 0.388 e.